The summed E-state index contributed by atoms with van der Waals surface area (Å²) in [5, 5.41) is 1.10. The molecule has 1 unspecified atom stereocenters. The molecule has 0 saturated heterocycles. The van der Waals surface area contributed by atoms with Crippen LogP contribution in [-0.4, -0.2) is 4.57 Å². The van der Waals surface area contributed by atoms with Crippen LogP contribution in [-0.2, 0) is 6.18 Å². The molecule has 4 rings (SSSR count). The number of fused-ring (bicyclic) bond motifs is 1. The molecule has 0 fully saturated rings. The number of alkyl halides is 3. The molecule has 0 aliphatic carbocycles. The van der Waals surface area contributed by atoms with E-state index in [9.17, 15) is 13.2 Å². The van der Waals surface area contributed by atoms with Gasteiger partial charge in [-0.2, -0.15) is 13.2 Å². The minimum atomic E-state index is -4.42. The smallest absolute Gasteiger partial charge is 0.340 e. The van der Waals surface area contributed by atoms with Gasteiger partial charge in [0.2, 0.25) is 0 Å². The summed E-state index contributed by atoms with van der Waals surface area (Å²) in [7, 11) is 0. The van der Waals surface area contributed by atoms with E-state index in [0.717, 1.165) is 40.6 Å². The van der Waals surface area contributed by atoms with Crippen molar-refractivity contribution >= 4 is 28.6 Å². The van der Waals surface area contributed by atoms with E-state index >= 15 is 0 Å². The van der Waals surface area contributed by atoms with Crippen molar-refractivity contribution in [2.24, 2.45) is 5.92 Å². The van der Waals surface area contributed by atoms with E-state index in [1.807, 2.05) is 30.3 Å². The number of aromatic nitrogens is 1. The zero-order valence-electron chi connectivity index (χ0n) is 18.5. The van der Waals surface area contributed by atoms with Gasteiger partial charge in [0.1, 0.15) is 0 Å². The average Bonchev–Trinajstić information content (AvgIpc) is 3.20. The summed E-state index contributed by atoms with van der Waals surface area (Å²) in [6.45, 7) is 8.25. The van der Waals surface area contributed by atoms with E-state index in [2.05, 4.69) is 55.5 Å². The van der Waals surface area contributed by atoms with Crippen LogP contribution in [0.4, 0.5) is 13.2 Å². The second-order valence-corrected chi connectivity index (χ2v) is 9.11. The third kappa shape index (κ3) is 4.86. The second kappa shape index (κ2) is 9.11. The largest absolute Gasteiger partial charge is 0.416 e. The SMILES string of the molecule is C=Cc1ccc(C(CC(C)C)n2ccc3cc(-c4ccc(C(F)(F)F)cc4Cl)ccc32)cc1. The summed E-state index contributed by atoms with van der Waals surface area (Å²) in [6.07, 6.45) is 0.472. The maximum atomic E-state index is 13.0. The number of hydrogen-bond donors (Lipinski definition) is 0. The van der Waals surface area contributed by atoms with Gasteiger partial charge in [-0.1, -0.05) is 74.5 Å². The fourth-order valence-corrected chi connectivity index (χ4v) is 4.53. The van der Waals surface area contributed by atoms with Crippen LogP contribution < -0.4 is 0 Å². The number of rotatable bonds is 6. The molecule has 5 heteroatoms. The zero-order valence-corrected chi connectivity index (χ0v) is 19.3. The Morgan fingerprint density at radius 1 is 0.970 bits per heavy atom. The lowest BCUT2D eigenvalue weighted by Gasteiger charge is -2.23. The maximum absolute atomic E-state index is 13.0. The molecule has 0 aliphatic heterocycles. The molecule has 1 nitrogen and oxygen atoms in total. The van der Waals surface area contributed by atoms with E-state index < -0.39 is 11.7 Å². The lowest BCUT2D eigenvalue weighted by atomic mass is 9.95. The summed E-state index contributed by atoms with van der Waals surface area (Å²) in [6, 6.07) is 20.1. The summed E-state index contributed by atoms with van der Waals surface area (Å²) >= 11 is 6.23. The molecule has 33 heavy (non-hydrogen) atoms. The number of hydrogen-bond acceptors (Lipinski definition) is 0. The molecule has 0 amide bonds. The Morgan fingerprint density at radius 2 is 1.70 bits per heavy atom. The molecular formula is C28H25ClF3N. The quantitative estimate of drug-likeness (QED) is 0.266. The molecule has 0 bridgehead atoms. The van der Waals surface area contributed by atoms with Crippen LogP contribution in [0, 0.1) is 5.92 Å². The summed E-state index contributed by atoms with van der Waals surface area (Å²) in [5.41, 5.74) is 4.00. The molecule has 0 aliphatic rings. The number of benzene rings is 3. The molecule has 1 atom stereocenters. The van der Waals surface area contributed by atoms with Crippen molar-refractivity contribution in [3.8, 4) is 11.1 Å². The molecule has 0 spiro atoms. The Morgan fingerprint density at radius 3 is 2.30 bits per heavy atom. The van der Waals surface area contributed by atoms with Gasteiger partial charge in [-0.05, 0) is 59.4 Å². The maximum Gasteiger partial charge on any atom is 0.416 e. The van der Waals surface area contributed by atoms with Crippen LogP contribution in [0.1, 0.15) is 43.0 Å². The molecule has 170 valence electrons. The zero-order chi connectivity index (χ0) is 23.8. The van der Waals surface area contributed by atoms with Crippen molar-refractivity contribution in [3.63, 3.8) is 0 Å². The Hall–Kier alpha value is -2.98. The van der Waals surface area contributed by atoms with Crippen LogP contribution in [0.25, 0.3) is 28.1 Å². The Kier molecular flexibility index (Phi) is 6.40. The van der Waals surface area contributed by atoms with Crippen molar-refractivity contribution in [2.45, 2.75) is 32.5 Å². The van der Waals surface area contributed by atoms with Gasteiger partial charge in [-0.25, -0.2) is 0 Å². The normalized spacial score (nSPS) is 12.9. The summed E-state index contributed by atoms with van der Waals surface area (Å²) in [5.74, 6) is 0.497. The first-order valence-electron chi connectivity index (χ1n) is 10.9. The van der Waals surface area contributed by atoms with Gasteiger partial charge in [0.25, 0.3) is 0 Å². The van der Waals surface area contributed by atoms with Crippen LogP contribution in [0.15, 0.2) is 79.5 Å². The molecule has 1 heterocycles. The van der Waals surface area contributed by atoms with Gasteiger partial charge in [-0.15, -0.1) is 0 Å². The van der Waals surface area contributed by atoms with Crippen LogP contribution in [0.5, 0.6) is 0 Å². The molecule has 4 aromatic rings. The van der Waals surface area contributed by atoms with Crippen molar-refractivity contribution in [1.29, 1.82) is 0 Å². The molecular weight excluding hydrogens is 443 g/mol. The van der Waals surface area contributed by atoms with E-state index in [-0.39, 0.29) is 11.1 Å². The fraction of sp³-hybridized carbons (Fsp3) is 0.214. The minimum absolute atomic E-state index is 0.0867. The van der Waals surface area contributed by atoms with Crippen molar-refractivity contribution in [2.75, 3.05) is 0 Å². The number of nitrogens with zero attached hydrogens (tertiary/aromatic N) is 1. The van der Waals surface area contributed by atoms with Crippen LogP contribution >= 0.6 is 11.6 Å². The van der Waals surface area contributed by atoms with E-state index in [0.29, 0.717) is 11.5 Å². The number of halogens is 4. The highest BCUT2D eigenvalue weighted by molar-refractivity contribution is 6.33. The van der Waals surface area contributed by atoms with Crippen LogP contribution in [0.2, 0.25) is 5.02 Å². The lowest BCUT2D eigenvalue weighted by molar-refractivity contribution is -0.137. The second-order valence-electron chi connectivity index (χ2n) is 8.71. The molecule has 0 saturated carbocycles. The first-order chi connectivity index (χ1) is 15.7. The van der Waals surface area contributed by atoms with E-state index in [4.69, 9.17) is 11.6 Å². The monoisotopic (exact) mass is 467 g/mol. The van der Waals surface area contributed by atoms with Gasteiger partial charge in [0.05, 0.1) is 11.6 Å². The van der Waals surface area contributed by atoms with Gasteiger partial charge in [0.15, 0.2) is 0 Å². The average molecular weight is 468 g/mol. The highest BCUT2D eigenvalue weighted by Gasteiger charge is 2.31. The molecule has 0 N–H and O–H groups in total. The molecule has 0 radical (unpaired) electrons. The van der Waals surface area contributed by atoms with Crippen molar-refractivity contribution in [1.82, 2.24) is 4.57 Å². The van der Waals surface area contributed by atoms with Crippen LogP contribution in [0.3, 0.4) is 0 Å². The van der Waals surface area contributed by atoms with E-state index in [1.54, 1.807) is 0 Å². The fourth-order valence-electron chi connectivity index (χ4n) is 4.24. The van der Waals surface area contributed by atoms with Crippen molar-refractivity contribution in [3.05, 3.63) is 101 Å². The highest BCUT2D eigenvalue weighted by atomic mass is 35.5. The minimum Gasteiger partial charge on any atom is -0.340 e. The molecule has 3 aromatic carbocycles. The first kappa shape index (κ1) is 23.2. The van der Waals surface area contributed by atoms with Gasteiger partial charge in [-0.3, -0.25) is 0 Å². The predicted molar refractivity (Wildman–Crippen MR) is 132 cm³/mol. The summed E-state index contributed by atoms with van der Waals surface area (Å²) < 4.78 is 41.3. The van der Waals surface area contributed by atoms with Gasteiger partial charge < -0.3 is 4.57 Å². The standard InChI is InChI=1S/C28H25ClF3N/c1-4-19-5-7-20(8-6-19)27(15-18(2)3)33-14-13-22-16-21(9-12-26(22)33)24-11-10-23(17-25(24)29)28(30,31)32/h4-14,16-18,27H,1,15H2,2-3H3. The van der Waals surface area contributed by atoms with E-state index in [1.165, 1.54) is 11.6 Å². The predicted octanol–water partition coefficient (Wildman–Crippen LogP) is 9.26. The highest BCUT2D eigenvalue weighted by Crippen LogP contribution is 2.37. The Labute approximate surface area is 197 Å². The summed E-state index contributed by atoms with van der Waals surface area (Å²) in [4.78, 5) is 0. The first-order valence-corrected chi connectivity index (χ1v) is 11.3. The third-order valence-corrected chi connectivity index (χ3v) is 6.23. The molecule has 1 aromatic heterocycles. The Balaban J connectivity index is 1.74. The van der Waals surface area contributed by atoms with Crippen molar-refractivity contribution < 1.29 is 13.2 Å². The third-order valence-electron chi connectivity index (χ3n) is 5.92. The Bertz CT molecular complexity index is 1280. The topological polar surface area (TPSA) is 4.93 Å². The lowest BCUT2D eigenvalue weighted by Crippen LogP contribution is -2.12. The van der Waals surface area contributed by atoms with Gasteiger partial charge in [0, 0.05) is 27.7 Å². The van der Waals surface area contributed by atoms with Gasteiger partial charge >= 0.3 is 6.18 Å².